The van der Waals surface area contributed by atoms with Gasteiger partial charge in [-0.25, -0.2) is 4.79 Å². The molecule has 1 N–H and O–H groups in total. The molecule has 0 bridgehead atoms. The maximum Gasteiger partial charge on any atom is 0.332 e. The molecule has 1 aromatic carbocycles. The van der Waals surface area contributed by atoms with Gasteiger partial charge in [0.2, 0.25) is 11.8 Å². The maximum absolute atomic E-state index is 13.7. The van der Waals surface area contributed by atoms with Gasteiger partial charge in [0.25, 0.3) is 10.1 Å². The van der Waals surface area contributed by atoms with Crippen LogP contribution in [0.5, 0.6) is 0 Å². The van der Waals surface area contributed by atoms with Gasteiger partial charge in [0.1, 0.15) is 5.54 Å². The number of esters is 1. The fraction of sp³-hybridized carbons (Fsp3) is 0.593. The average molecular weight is 612 g/mol. The van der Waals surface area contributed by atoms with E-state index in [1.807, 2.05) is 12.2 Å². The Labute approximate surface area is 232 Å². The van der Waals surface area contributed by atoms with E-state index in [4.69, 9.17) is 8.92 Å². The second-order valence-electron chi connectivity index (χ2n) is 10.5. The minimum absolute atomic E-state index is 0.0309. The third-order valence-electron chi connectivity index (χ3n) is 7.90. The van der Waals surface area contributed by atoms with Crippen molar-refractivity contribution in [1.82, 2.24) is 10.2 Å². The minimum atomic E-state index is -4.05. The molecule has 0 radical (unpaired) electrons. The number of nitrogens with one attached hydrogen (secondary N) is 1. The predicted octanol–water partition coefficient (Wildman–Crippen LogP) is 3.58. The quantitative estimate of drug-likeness (QED) is 0.314. The third kappa shape index (κ3) is 6.48. The van der Waals surface area contributed by atoms with Gasteiger partial charge >= 0.3 is 5.97 Å². The number of nitrogens with zero attached hydrogens (tertiary/aromatic N) is 1. The summed E-state index contributed by atoms with van der Waals surface area (Å²) in [4.78, 5) is 41.1. The Morgan fingerprint density at radius 1 is 1.16 bits per heavy atom. The van der Waals surface area contributed by atoms with E-state index < -0.39 is 33.6 Å². The fourth-order valence-corrected chi connectivity index (χ4v) is 6.88. The van der Waals surface area contributed by atoms with Crippen LogP contribution in [0.1, 0.15) is 51.4 Å². The molecule has 11 heteroatoms. The maximum atomic E-state index is 13.7. The monoisotopic (exact) mass is 610 g/mol. The first-order chi connectivity index (χ1) is 18.1. The lowest BCUT2D eigenvalue weighted by Crippen LogP contribution is -2.51. The largest absolute Gasteiger partial charge is 0.467 e. The molecular formula is C27H35BrN2O7S. The summed E-state index contributed by atoms with van der Waals surface area (Å²) in [7, 11) is -0.979. The van der Waals surface area contributed by atoms with Gasteiger partial charge in [-0.1, -0.05) is 28.1 Å². The van der Waals surface area contributed by atoms with Crippen LogP contribution in [0, 0.1) is 17.8 Å². The Hall–Kier alpha value is -2.24. The Morgan fingerprint density at radius 2 is 1.89 bits per heavy atom. The lowest BCUT2D eigenvalue weighted by atomic mass is 9.75. The van der Waals surface area contributed by atoms with Crippen LogP contribution in [-0.2, 0) is 33.4 Å². The molecule has 9 nitrogen and oxygen atoms in total. The van der Waals surface area contributed by atoms with Crippen molar-refractivity contribution in [2.24, 2.45) is 17.8 Å². The van der Waals surface area contributed by atoms with Gasteiger partial charge in [0.05, 0.1) is 18.1 Å². The molecule has 208 valence electrons. The molecule has 38 heavy (non-hydrogen) atoms. The SMILES string of the molecule is COC(=O)[C@@]12C[C@H]1/C=C\CCCCN(C)C(=O)C[C@@H]1CC[C@@H](OS(=O)(=O)c3ccc(Br)cc3)C[C@H]1C(=O)N2. The summed E-state index contributed by atoms with van der Waals surface area (Å²) in [6.07, 6.45) is 7.43. The summed E-state index contributed by atoms with van der Waals surface area (Å²) >= 11 is 3.29. The Balaban J connectivity index is 1.57. The fourth-order valence-electron chi connectivity index (χ4n) is 5.50. The highest BCUT2D eigenvalue weighted by atomic mass is 79.9. The standard InChI is InChI=1S/C27H35BrN2O7S/c1-30-14-6-4-3-5-7-19-17-27(19,26(33)36-2)29-25(32)23-16-21(11-8-18(23)15-24(30)31)37-38(34,35)22-12-9-20(28)10-13-22/h5,7,9-10,12-13,18-19,21,23H,3-4,6,8,11,14-17H2,1-2H3,(H,29,32)/b7-5-/t18-,19+,21+,23+,27+/m0/s1. The summed E-state index contributed by atoms with van der Waals surface area (Å²) < 4.78 is 37.2. The van der Waals surface area contributed by atoms with Crippen LogP contribution in [0.4, 0.5) is 0 Å². The molecule has 5 atom stereocenters. The van der Waals surface area contributed by atoms with Crippen molar-refractivity contribution in [1.29, 1.82) is 0 Å². The average Bonchev–Trinajstić information content (AvgIpc) is 3.58. The minimum Gasteiger partial charge on any atom is -0.467 e. The number of carbonyl (C=O) groups excluding carboxylic acids is 3. The molecule has 2 fully saturated rings. The Bertz CT molecular complexity index is 1190. The van der Waals surface area contributed by atoms with Crippen LogP contribution < -0.4 is 5.32 Å². The normalized spacial score (nSPS) is 31.6. The molecule has 2 amide bonds. The van der Waals surface area contributed by atoms with Gasteiger partial charge in [0, 0.05) is 36.3 Å². The summed E-state index contributed by atoms with van der Waals surface area (Å²) in [5.41, 5.74) is -1.13. The molecular weight excluding hydrogens is 576 g/mol. The van der Waals surface area contributed by atoms with Crippen molar-refractivity contribution in [2.45, 2.75) is 67.9 Å². The van der Waals surface area contributed by atoms with Crippen molar-refractivity contribution in [3.05, 3.63) is 40.9 Å². The van der Waals surface area contributed by atoms with Crippen LogP contribution in [0.3, 0.4) is 0 Å². The van der Waals surface area contributed by atoms with Crippen molar-refractivity contribution in [2.75, 3.05) is 20.7 Å². The van der Waals surface area contributed by atoms with Gasteiger partial charge in [-0.05, 0) is 75.1 Å². The summed E-state index contributed by atoms with van der Waals surface area (Å²) in [5.74, 6) is -2.09. The number of carbonyl (C=O) groups is 3. The Kier molecular flexibility index (Phi) is 8.99. The van der Waals surface area contributed by atoms with E-state index in [1.165, 1.54) is 19.2 Å². The number of ether oxygens (including phenoxy) is 1. The number of benzene rings is 1. The second kappa shape index (κ2) is 11.9. The summed E-state index contributed by atoms with van der Waals surface area (Å²) in [6.45, 7) is 0.628. The predicted molar refractivity (Wildman–Crippen MR) is 143 cm³/mol. The first-order valence-corrected chi connectivity index (χ1v) is 15.3. The lowest BCUT2D eigenvalue weighted by molar-refractivity contribution is -0.148. The van der Waals surface area contributed by atoms with Gasteiger partial charge in [-0.15, -0.1) is 0 Å². The van der Waals surface area contributed by atoms with E-state index in [-0.39, 0.29) is 41.4 Å². The third-order valence-corrected chi connectivity index (χ3v) is 9.81. The van der Waals surface area contributed by atoms with Gasteiger partial charge in [-0.3, -0.25) is 13.8 Å². The number of fused-ring (bicyclic) bond motifs is 2. The zero-order valence-corrected chi connectivity index (χ0v) is 24.1. The number of hydrogen-bond acceptors (Lipinski definition) is 7. The molecule has 2 saturated carbocycles. The molecule has 1 aliphatic heterocycles. The number of rotatable bonds is 4. The van der Waals surface area contributed by atoms with E-state index in [0.717, 1.165) is 23.7 Å². The van der Waals surface area contributed by atoms with Crippen molar-refractivity contribution in [3.63, 3.8) is 0 Å². The molecule has 1 aromatic rings. The number of methoxy groups -OCH3 is 1. The van der Waals surface area contributed by atoms with Crippen molar-refractivity contribution < 1.29 is 31.7 Å². The molecule has 2 aliphatic carbocycles. The van der Waals surface area contributed by atoms with Crippen molar-refractivity contribution >= 4 is 43.8 Å². The molecule has 0 unspecified atom stereocenters. The van der Waals surface area contributed by atoms with E-state index in [1.54, 1.807) is 24.1 Å². The van der Waals surface area contributed by atoms with Crippen LogP contribution in [0.2, 0.25) is 0 Å². The van der Waals surface area contributed by atoms with Crippen LogP contribution in [0.25, 0.3) is 0 Å². The number of amides is 2. The van der Waals surface area contributed by atoms with E-state index in [2.05, 4.69) is 21.2 Å². The van der Waals surface area contributed by atoms with Crippen LogP contribution in [0.15, 0.2) is 45.8 Å². The summed E-state index contributed by atoms with van der Waals surface area (Å²) in [6, 6.07) is 6.15. The highest BCUT2D eigenvalue weighted by molar-refractivity contribution is 9.10. The lowest BCUT2D eigenvalue weighted by Gasteiger charge is -2.36. The van der Waals surface area contributed by atoms with E-state index in [0.29, 0.717) is 25.8 Å². The van der Waals surface area contributed by atoms with Crippen LogP contribution >= 0.6 is 15.9 Å². The molecule has 1 heterocycles. The van der Waals surface area contributed by atoms with Gasteiger partial charge < -0.3 is 15.0 Å². The summed E-state index contributed by atoms with van der Waals surface area (Å²) in [5, 5.41) is 2.93. The first kappa shape index (κ1) is 28.8. The molecule has 0 spiro atoms. The highest BCUT2D eigenvalue weighted by Crippen LogP contribution is 2.47. The first-order valence-electron chi connectivity index (χ1n) is 13.1. The molecule has 4 rings (SSSR count). The Morgan fingerprint density at radius 3 is 2.61 bits per heavy atom. The zero-order chi connectivity index (χ0) is 27.5. The number of halogens is 1. The van der Waals surface area contributed by atoms with Crippen LogP contribution in [-0.4, -0.2) is 63.4 Å². The van der Waals surface area contributed by atoms with Crippen molar-refractivity contribution in [3.8, 4) is 0 Å². The smallest absolute Gasteiger partial charge is 0.332 e. The van der Waals surface area contributed by atoms with E-state index in [9.17, 15) is 22.8 Å². The number of hydrogen-bond donors (Lipinski definition) is 1. The van der Waals surface area contributed by atoms with Gasteiger partial charge in [0.15, 0.2) is 0 Å². The van der Waals surface area contributed by atoms with E-state index >= 15 is 0 Å². The molecule has 3 aliphatic rings. The second-order valence-corrected chi connectivity index (χ2v) is 13.0. The molecule has 0 saturated heterocycles. The molecule has 0 aromatic heterocycles. The topological polar surface area (TPSA) is 119 Å². The highest BCUT2D eigenvalue weighted by Gasteiger charge is 2.61. The number of allylic oxidation sites excluding steroid dienone is 1. The van der Waals surface area contributed by atoms with Gasteiger partial charge in [-0.2, -0.15) is 8.42 Å². The zero-order valence-electron chi connectivity index (χ0n) is 21.7.